The van der Waals surface area contributed by atoms with Crippen molar-refractivity contribution in [2.75, 3.05) is 60.1 Å². The maximum absolute atomic E-state index is 13.0. The molecular weight excluding hydrogens is 474 g/mol. The highest BCUT2D eigenvalue weighted by Gasteiger charge is 2.30. The first-order valence-corrected chi connectivity index (χ1v) is 11.7. The minimum Gasteiger partial charge on any atom is -0.489 e. The lowest BCUT2D eigenvalue weighted by molar-refractivity contribution is -0.0105. The molecule has 0 aliphatic carbocycles. The first-order valence-electron chi connectivity index (χ1n) is 10.5. The number of fused-ring (bicyclic) bond motifs is 1. The summed E-state index contributed by atoms with van der Waals surface area (Å²) in [6, 6.07) is 1.63. The van der Waals surface area contributed by atoms with Gasteiger partial charge in [0.05, 0.1) is 34.4 Å². The molecule has 0 saturated carbocycles. The van der Waals surface area contributed by atoms with E-state index in [9.17, 15) is 4.79 Å². The molecule has 9 heteroatoms. The number of halogens is 2. The van der Waals surface area contributed by atoms with Crippen LogP contribution in [0.2, 0.25) is 5.02 Å². The molecule has 2 aliphatic rings. The number of carbonyl (C=O) groups excluding carboxylic acids is 1. The Bertz CT molecular complexity index is 737. The molecule has 2 heterocycles. The summed E-state index contributed by atoms with van der Waals surface area (Å²) in [5.41, 5.74) is 0.401. The SMILES string of the molecule is CNCCCN1CC[C@@H](CNC(=O)c2cc(Cl)c(Br)c3c2OCCCO3)[C@H](OC)C1. The predicted molar refractivity (Wildman–Crippen MR) is 121 cm³/mol. The Balaban J connectivity index is 1.62. The van der Waals surface area contributed by atoms with Crippen molar-refractivity contribution < 1.29 is 19.0 Å². The Kier molecular flexibility index (Phi) is 9.07. The van der Waals surface area contributed by atoms with Gasteiger partial charge in [0.25, 0.3) is 5.91 Å². The fourth-order valence-corrected chi connectivity index (χ4v) is 4.57. The van der Waals surface area contributed by atoms with Crippen LogP contribution in [-0.4, -0.2) is 77.0 Å². The Morgan fingerprint density at radius 3 is 2.87 bits per heavy atom. The van der Waals surface area contributed by atoms with Gasteiger partial charge in [-0.3, -0.25) is 4.79 Å². The molecule has 30 heavy (non-hydrogen) atoms. The van der Waals surface area contributed by atoms with Crippen LogP contribution in [-0.2, 0) is 4.74 Å². The van der Waals surface area contributed by atoms with E-state index < -0.39 is 0 Å². The van der Waals surface area contributed by atoms with Crippen molar-refractivity contribution in [3.8, 4) is 11.5 Å². The Morgan fingerprint density at radius 2 is 2.13 bits per heavy atom. The minimum absolute atomic E-state index is 0.0961. The fourth-order valence-electron chi connectivity index (χ4n) is 3.97. The zero-order valence-corrected chi connectivity index (χ0v) is 20.0. The number of piperidine rings is 1. The van der Waals surface area contributed by atoms with E-state index in [2.05, 4.69) is 31.5 Å². The second-order valence-corrected chi connectivity index (χ2v) is 8.92. The lowest BCUT2D eigenvalue weighted by Crippen LogP contribution is -2.48. The van der Waals surface area contributed by atoms with Crippen LogP contribution < -0.4 is 20.1 Å². The van der Waals surface area contributed by atoms with Crippen LogP contribution in [0.3, 0.4) is 0 Å². The summed E-state index contributed by atoms with van der Waals surface area (Å²) < 4.78 is 17.9. The highest BCUT2D eigenvalue weighted by atomic mass is 79.9. The molecule has 1 fully saturated rings. The number of carbonyl (C=O) groups is 1. The molecule has 0 aromatic heterocycles. The van der Waals surface area contributed by atoms with Crippen molar-refractivity contribution in [3.05, 3.63) is 21.1 Å². The summed E-state index contributed by atoms with van der Waals surface area (Å²) in [6.45, 7) is 5.54. The van der Waals surface area contributed by atoms with Crippen molar-refractivity contribution in [2.24, 2.45) is 5.92 Å². The highest BCUT2D eigenvalue weighted by Crippen LogP contribution is 2.44. The summed E-state index contributed by atoms with van der Waals surface area (Å²) in [6.07, 6.45) is 2.95. The summed E-state index contributed by atoms with van der Waals surface area (Å²) in [4.78, 5) is 15.4. The number of methoxy groups -OCH3 is 1. The van der Waals surface area contributed by atoms with E-state index in [0.717, 1.165) is 45.4 Å². The normalized spacial score (nSPS) is 21.9. The molecule has 0 bridgehead atoms. The van der Waals surface area contributed by atoms with E-state index in [0.29, 0.717) is 46.3 Å². The smallest absolute Gasteiger partial charge is 0.255 e. The molecule has 0 unspecified atom stereocenters. The molecule has 1 saturated heterocycles. The maximum atomic E-state index is 13.0. The molecule has 2 atom stereocenters. The van der Waals surface area contributed by atoms with Gasteiger partial charge in [-0.05, 0) is 61.5 Å². The lowest BCUT2D eigenvalue weighted by atomic mass is 9.93. The van der Waals surface area contributed by atoms with E-state index >= 15 is 0 Å². The quantitative estimate of drug-likeness (QED) is 0.531. The van der Waals surface area contributed by atoms with Crippen LogP contribution in [0.5, 0.6) is 11.5 Å². The summed E-state index contributed by atoms with van der Waals surface area (Å²) >= 11 is 9.76. The second kappa shape index (κ2) is 11.5. The molecular formula is C21H31BrClN3O4. The van der Waals surface area contributed by atoms with E-state index in [1.165, 1.54) is 0 Å². The number of ether oxygens (including phenoxy) is 3. The average molecular weight is 505 g/mol. The summed E-state index contributed by atoms with van der Waals surface area (Å²) in [5.74, 6) is 0.998. The first-order chi connectivity index (χ1) is 14.5. The number of likely N-dealkylation sites (tertiary alicyclic amines) is 1. The summed E-state index contributed by atoms with van der Waals surface area (Å²) in [7, 11) is 3.72. The number of rotatable bonds is 8. The molecule has 3 rings (SSSR count). The van der Waals surface area contributed by atoms with E-state index in [1.54, 1.807) is 13.2 Å². The third-order valence-corrected chi connectivity index (χ3v) is 6.98. The van der Waals surface area contributed by atoms with Crippen LogP contribution in [0.25, 0.3) is 0 Å². The number of nitrogens with zero attached hydrogens (tertiary/aromatic N) is 1. The van der Waals surface area contributed by atoms with Gasteiger partial charge in [0.1, 0.15) is 0 Å². The van der Waals surface area contributed by atoms with Crippen molar-refractivity contribution in [1.82, 2.24) is 15.5 Å². The van der Waals surface area contributed by atoms with Gasteiger partial charge in [-0.1, -0.05) is 11.6 Å². The molecule has 2 N–H and O–H groups in total. The standard InChI is InChI=1S/C21H31BrClN3O4/c1-24-6-3-7-26-8-5-14(17(13-26)28-2)12-25-21(27)15-11-16(23)18(22)20-19(15)29-9-4-10-30-20/h11,14,17,24H,3-10,12-13H2,1-2H3,(H,25,27)/t14-,17+/m0/s1. The van der Waals surface area contributed by atoms with E-state index in [4.69, 9.17) is 25.8 Å². The van der Waals surface area contributed by atoms with Crippen LogP contribution in [0.15, 0.2) is 10.5 Å². The van der Waals surface area contributed by atoms with Crippen molar-refractivity contribution in [3.63, 3.8) is 0 Å². The topological polar surface area (TPSA) is 72.1 Å². The third kappa shape index (κ3) is 5.79. The van der Waals surface area contributed by atoms with Gasteiger partial charge in [0, 0.05) is 32.5 Å². The van der Waals surface area contributed by atoms with Gasteiger partial charge in [-0.25, -0.2) is 0 Å². The number of hydrogen-bond donors (Lipinski definition) is 2. The molecule has 2 aliphatic heterocycles. The third-order valence-electron chi connectivity index (χ3n) is 5.67. The van der Waals surface area contributed by atoms with Crippen LogP contribution in [0.4, 0.5) is 0 Å². The van der Waals surface area contributed by atoms with Gasteiger partial charge in [-0.15, -0.1) is 0 Å². The highest BCUT2D eigenvalue weighted by molar-refractivity contribution is 9.10. The molecule has 1 aromatic carbocycles. The Hall–Kier alpha value is -1.06. The lowest BCUT2D eigenvalue weighted by Gasteiger charge is -2.38. The molecule has 1 aromatic rings. The van der Waals surface area contributed by atoms with Gasteiger partial charge < -0.3 is 29.7 Å². The minimum atomic E-state index is -0.211. The van der Waals surface area contributed by atoms with Crippen molar-refractivity contribution in [1.29, 1.82) is 0 Å². The number of amides is 1. The van der Waals surface area contributed by atoms with Gasteiger partial charge in [0.15, 0.2) is 11.5 Å². The molecule has 0 spiro atoms. The Morgan fingerprint density at radius 1 is 1.37 bits per heavy atom. The van der Waals surface area contributed by atoms with Gasteiger partial charge >= 0.3 is 0 Å². The van der Waals surface area contributed by atoms with Crippen molar-refractivity contribution >= 4 is 33.4 Å². The second-order valence-electron chi connectivity index (χ2n) is 7.72. The monoisotopic (exact) mass is 503 g/mol. The van der Waals surface area contributed by atoms with Crippen molar-refractivity contribution in [2.45, 2.75) is 25.4 Å². The average Bonchev–Trinajstić information content (AvgIpc) is 3.01. The Labute approximate surface area is 191 Å². The number of hydrogen-bond acceptors (Lipinski definition) is 6. The van der Waals surface area contributed by atoms with E-state index in [-0.39, 0.29) is 17.9 Å². The van der Waals surface area contributed by atoms with Crippen LogP contribution in [0, 0.1) is 5.92 Å². The first kappa shape index (κ1) is 23.6. The zero-order chi connectivity index (χ0) is 21.5. The molecule has 0 radical (unpaired) electrons. The summed E-state index contributed by atoms with van der Waals surface area (Å²) in [5, 5.41) is 6.67. The number of benzene rings is 1. The molecule has 168 valence electrons. The van der Waals surface area contributed by atoms with Crippen LogP contribution in [0.1, 0.15) is 29.6 Å². The number of nitrogens with one attached hydrogen (secondary N) is 2. The van der Waals surface area contributed by atoms with Gasteiger partial charge in [0.2, 0.25) is 0 Å². The predicted octanol–water partition coefficient (Wildman–Crippen LogP) is 2.94. The van der Waals surface area contributed by atoms with E-state index in [1.807, 2.05) is 7.05 Å². The zero-order valence-electron chi connectivity index (χ0n) is 17.6. The molecule has 7 nitrogen and oxygen atoms in total. The molecule has 1 amide bonds. The maximum Gasteiger partial charge on any atom is 0.255 e. The van der Waals surface area contributed by atoms with Gasteiger partial charge in [-0.2, -0.15) is 0 Å². The van der Waals surface area contributed by atoms with Crippen LogP contribution >= 0.6 is 27.5 Å². The largest absolute Gasteiger partial charge is 0.489 e. The fraction of sp³-hybridized carbons (Fsp3) is 0.667.